The number of hydrogen-bond donors (Lipinski definition) is 2. The number of likely N-dealkylation sites (N-methyl/N-ethyl adjacent to an activating group) is 1. The molecule has 4 heteroatoms. The first-order valence-electron chi connectivity index (χ1n) is 6.21. The number of rotatable bonds is 4. The van der Waals surface area contributed by atoms with Gasteiger partial charge >= 0.3 is 0 Å². The first-order chi connectivity index (χ1) is 8.13. The van der Waals surface area contributed by atoms with Crippen molar-refractivity contribution in [2.75, 3.05) is 18.5 Å². The number of hydrogen-bond acceptors (Lipinski definition) is 4. The Bertz CT molecular complexity index is 357. The van der Waals surface area contributed by atoms with Gasteiger partial charge in [-0.2, -0.15) is 0 Å². The molecule has 1 aromatic heterocycles. The molecule has 1 heterocycles. The maximum atomic E-state index is 10.3. The molecule has 0 bridgehead atoms. The average molecular weight is 235 g/mol. The predicted molar refractivity (Wildman–Crippen MR) is 68.8 cm³/mol. The molecule has 3 N–H and O–H groups in total. The predicted octanol–water partition coefficient (Wildman–Crippen LogP) is 1.28. The van der Waals surface area contributed by atoms with Crippen molar-refractivity contribution in [1.29, 1.82) is 0 Å². The van der Waals surface area contributed by atoms with Crippen molar-refractivity contribution < 1.29 is 5.11 Å². The van der Waals surface area contributed by atoms with Gasteiger partial charge in [0.25, 0.3) is 0 Å². The minimum absolute atomic E-state index is 0.466. The second-order valence-corrected chi connectivity index (χ2v) is 5.00. The van der Waals surface area contributed by atoms with Crippen LogP contribution >= 0.6 is 0 Å². The first kappa shape index (κ1) is 12.3. The summed E-state index contributed by atoms with van der Waals surface area (Å²) in [6, 6.07) is 3.94. The molecule has 1 fully saturated rings. The Hall–Kier alpha value is -1.13. The van der Waals surface area contributed by atoms with Gasteiger partial charge in [0.15, 0.2) is 0 Å². The van der Waals surface area contributed by atoms with E-state index >= 15 is 0 Å². The van der Waals surface area contributed by atoms with E-state index in [1.54, 1.807) is 0 Å². The van der Waals surface area contributed by atoms with Crippen molar-refractivity contribution >= 4 is 5.69 Å². The number of anilines is 1. The number of pyridine rings is 1. The highest BCUT2D eigenvalue weighted by Gasteiger charge is 2.32. The van der Waals surface area contributed by atoms with Gasteiger partial charge in [-0.1, -0.05) is 12.8 Å². The highest BCUT2D eigenvalue weighted by molar-refractivity contribution is 5.44. The van der Waals surface area contributed by atoms with Crippen molar-refractivity contribution in [1.82, 2.24) is 4.98 Å². The van der Waals surface area contributed by atoms with Crippen LogP contribution in [0.5, 0.6) is 0 Å². The Morgan fingerprint density at radius 1 is 1.41 bits per heavy atom. The summed E-state index contributed by atoms with van der Waals surface area (Å²) in [5, 5.41) is 10.3. The fourth-order valence-corrected chi connectivity index (χ4v) is 2.49. The van der Waals surface area contributed by atoms with Crippen molar-refractivity contribution in [3.63, 3.8) is 0 Å². The van der Waals surface area contributed by atoms with E-state index in [-0.39, 0.29) is 0 Å². The lowest BCUT2D eigenvalue weighted by Gasteiger charge is -2.29. The summed E-state index contributed by atoms with van der Waals surface area (Å²) in [6.07, 6.45) is 5.90. The Morgan fingerprint density at radius 2 is 2.12 bits per heavy atom. The minimum Gasteiger partial charge on any atom is -0.388 e. The molecule has 0 radical (unpaired) electrons. The van der Waals surface area contributed by atoms with Crippen LogP contribution < -0.4 is 10.6 Å². The molecule has 17 heavy (non-hydrogen) atoms. The lowest BCUT2D eigenvalue weighted by molar-refractivity contribution is 0.0559. The summed E-state index contributed by atoms with van der Waals surface area (Å²) in [7, 11) is 2.00. The molecule has 0 spiro atoms. The quantitative estimate of drug-likeness (QED) is 0.825. The molecule has 2 rings (SSSR count). The van der Waals surface area contributed by atoms with Crippen LogP contribution in [0.1, 0.15) is 31.4 Å². The molecule has 1 aliphatic rings. The molecule has 0 saturated heterocycles. The molecule has 0 aromatic carbocycles. The van der Waals surface area contributed by atoms with Gasteiger partial charge in [-0.25, -0.2) is 0 Å². The zero-order valence-electron chi connectivity index (χ0n) is 10.4. The SMILES string of the molecule is CN(CC1(O)CCCC1)c1ccc(CN)nc1. The van der Waals surface area contributed by atoms with Gasteiger partial charge in [-0.15, -0.1) is 0 Å². The lowest BCUT2D eigenvalue weighted by atomic mass is 10.0. The van der Waals surface area contributed by atoms with Crippen molar-refractivity contribution in [2.45, 2.75) is 37.8 Å². The summed E-state index contributed by atoms with van der Waals surface area (Å²) in [4.78, 5) is 6.34. The number of aromatic nitrogens is 1. The standard InChI is InChI=1S/C13H21N3O/c1-16(10-13(17)6-2-3-7-13)12-5-4-11(8-14)15-9-12/h4-5,9,17H,2-3,6-8,10,14H2,1H3. The van der Waals surface area contributed by atoms with E-state index in [2.05, 4.69) is 9.88 Å². The lowest BCUT2D eigenvalue weighted by Crippen LogP contribution is -2.39. The van der Waals surface area contributed by atoms with E-state index in [9.17, 15) is 5.11 Å². The van der Waals surface area contributed by atoms with E-state index in [0.29, 0.717) is 13.1 Å². The van der Waals surface area contributed by atoms with Crippen LogP contribution in [-0.4, -0.2) is 29.3 Å². The maximum Gasteiger partial charge on any atom is 0.0821 e. The van der Waals surface area contributed by atoms with Crippen molar-refractivity contribution in [2.24, 2.45) is 5.73 Å². The monoisotopic (exact) mass is 235 g/mol. The summed E-state index contributed by atoms with van der Waals surface area (Å²) >= 11 is 0. The van der Waals surface area contributed by atoms with Gasteiger partial charge in [-0.3, -0.25) is 4.98 Å². The van der Waals surface area contributed by atoms with Gasteiger partial charge < -0.3 is 15.7 Å². The van der Waals surface area contributed by atoms with Crippen molar-refractivity contribution in [3.8, 4) is 0 Å². The van der Waals surface area contributed by atoms with Crippen LogP contribution in [0, 0.1) is 0 Å². The van der Waals surface area contributed by atoms with E-state index in [0.717, 1.165) is 37.1 Å². The summed E-state index contributed by atoms with van der Waals surface area (Å²) < 4.78 is 0. The molecule has 94 valence electrons. The third-order valence-electron chi connectivity index (χ3n) is 3.52. The summed E-state index contributed by atoms with van der Waals surface area (Å²) in [5.41, 5.74) is 6.92. The number of nitrogens with zero attached hydrogens (tertiary/aromatic N) is 2. The van der Waals surface area contributed by atoms with Crippen LogP contribution in [0.2, 0.25) is 0 Å². The van der Waals surface area contributed by atoms with E-state index in [1.165, 1.54) is 0 Å². The third-order valence-corrected chi connectivity index (χ3v) is 3.52. The minimum atomic E-state index is -0.513. The van der Waals surface area contributed by atoms with Crippen LogP contribution in [0.25, 0.3) is 0 Å². The Labute approximate surface area is 102 Å². The normalized spacial score (nSPS) is 18.3. The molecular weight excluding hydrogens is 214 g/mol. The van der Waals surface area contributed by atoms with Gasteiger partial charge in [0.05, 0.1) is 23.2 Å². The third kappa shape index (κ3) is 2.96. The van der Waals surface area contributed by atoms with Gasteiger partial charge in [0.2, 0.25) is 0 Å². The topological polar surface area (TPSA) is 62.4 Å². The first-order valence-corrected chi connectivity index (χ1v) is 6.21. The average Bonchev–Trinajstić information content (AvgIpc) is 2.76. The van der Waals surface area contributed by atoms with Crippen molar-refractivity contribution in [3.05, 3.63) is 24.0 Å². The van der Waals surface area contributed by atoms with Crippen LogP contribution in [-0.2, 0) is 6.54 Å². The highest BCUT2D eigenvalue weighted by Crippen LogP contribution is 2.30. The Kier molecular flexibility index (Phi) is 3.64. The molecule has 0 atom stereocenters. The number of aliphatic hydroxyl groups is 1. The van der Waals surface area contributed by atoms with Crippen LogP contribution in [0.15, 0.2) is 18.3 Å². The second-order valence-electron chi connectivity index (χ2n) is 5.00. The van der Waals surface area contributed by atoms with Crippen LogP contribution in [0.3, 0.4) is 0 Å². The molecular formula is C13H21N3O. The molecule has 1 aromatic rings. The molecule has 0 amide bonds. The summed E-state index contributed by atoms with van der Waals surface area (Å²) in [6.45, 7) is 1.14. The second kappa shape index (κ2) is 5.02. The van der Waals surface area contributed by atoms with Gasteiger partial charge in [0, 0.05) is 20.1 Å². The van der Waals surface area contributed by atoms with Gasteiger partial charge in [0.1, 0.15) is 0 Å². The van der Waals surface area contributed by atoms with Crippen LogP contribution in [0.4, 0.5) is 5.69 Å². The fraction of sp³-hybridized carbons (Fsp3) is 0.615. The zero-order chi connectivity index (χ0) is 12.3. The van der Waals surface area contributed by atoms with E-state index < -0.39 is 5.60 Å². The molecule has 4 nitrogen and oxygen atoms in total. The van der Waals surface area contributed by atoms with Gasteiger partial charge in [-0.05, 0) is 25.0 Å². The molecule has 0 aliphatic heterocycles. The van der Waals surface area contributed by atoms with E-state index in [1.807, 2.05) is 25.4 Å². The molecule has 0 unspecified atom stereocenters. The highest BCUT2D eigenvalue weighted by atomic mass is 16.3. The van der Waals surface area contributed by atoms with E-state index in [4.69, 9.17) is 5.73 Å². The Morgan fingerprint density at radius 3 is 2.65 bits per heavy atom. The zero-order valence-corrected chi connectivity index (χ0v) is 10.4. The Balaban J connectivity index is 2.01. The largest absolute Gasteiger partial charge is 0.388 e. The number of nitrogens with two attached hydrogens (primary N) is 1. The fourth-order valence-electron chi connectivity index (χ4n) is 2.49. The summed E-state index contributed by atoms with van der Waals surface area (Å²) in [5.74, 6) is 0. The molecule has 1 aliphatic carbocycles. The molecule has 1 saturated carbocycles. The maximum absolute atomic E-state index is 10.3. The smallest absolute Gasteiger partial charge is 0.0821 e.